The van der Waals surface area contributed by atoms with E-state index >= 15 is 0 Å². The van der Waals surface area contributed by atoms with Crippen LogP contribution in [0.25, 0.3) is 11.1 Å². The summed E-state index contributed by atoms with van der Waals surface area (Å²) in [6.45, 7) is 3.64. The van der Waals surface area contributed by atoms with Crippen molar-refractivity contribution in [1.82, 2.24) is 4.31 Å². The summed E-state index contributed by atoms with van der Waals surface area (Å²) >= 11 is 0. The molecular weight excluding hydrogens is 447 g/mol. The largest absolute Gasteiger partial charge is 0.478 e. The third-order valence-electron chi connectivity index (χ3n) is 5.83. The molecular formula is C24H31FN2O5S. The first-order chi connectivity index (χ1) is 15.8. The molecule has 0 aliphatic carbocycles. The molecule has 0 aromatic heterocycles. The van der Waals surface area contributed by atoms with Crippen molar-refractivity contribution in [2.75, 3.05) is 37.7 Å². The molecule has 0 amide bonds. The number of benzene rings is 2. The van der Waals surface area contributed by atoms with Crippen molar-refractivity contribution in [2.45, 2.75) is 43.9 Å². The Kier molecular flexibility index (Phi) is 8.45. The fraction of sp³-hybridized carbons (Fsp3) is 0.458. The smallest absolute Gasteiger partial charge is 0.335 e. The Hall–Kier alpha value is -2.49. The minimum atomic E-state index is -4.01. The van der Waals surface area contributed by atoms with Gasteiger partial charge in [-0.3, -0.25) is 0 Å². The van der Waals surface area contributed by atoms with Crippen LogP contribution < -0.4 is 4.90 Å². The molecule has 1 aliphatic heterocycles. The molecule has 0 saturated carbocycles. The summed E-state index contributed by atoms with van der Waals surface area (Å²) in [5.74, 6) is -1.75. The van der Waals surface area contributed by atoms with Gasteiger partial charge in [0.25, 0.3) is 0 Å². The van der Waals surface area contributed by atoms with Crippen molar-refractivity contribution in [3.63, 3.8) is 0 Å². The number of aliphatic hydroxyl groups is 1. The lowest BCUT2D eigenvalue weighted by molar-refractivity contribution is 0.0696. The fourth-order valence-electron chi connectivity index (χ4n) is 4.14. The summed E-state index contributed by atoms with van der Waals surface area (Å²) in [5.41, 5.74) is 0.930. The summed E-state index contributed by atoms with van der Waals surface area (Å²) < 4.78 is 42.9. The molecule has 0 radical (unpaired) electrons. The van der Waals surface area contributed by atoms with Crippen molar-refractivity contribution in [1.29, 1.82) is 0 Å². The summed E-state index contributed by atoms with van der Waals surface area (Å²) in [6.07, 6.45) is 3.57. The maximum atomic E-state index is 14.2. The third kappa shape index (κ3) is 5.72. The summed E-state index contributed by atoms with van der Waals surface area (Å²) in [6, 6.07) is 8.34. The van der Waals surface area contributed by atoms with Crippen LogP contribution in [0.5, 0.6) is 0 Å². The Bertz CT molecular complexity index is 1080. The highest BCUT2D eigenvalue weighted by Crippen LogP contribution is 2.40. The van der Waals surface area contributed by atoms with Gasteiger partial charge in [0, 0.05) is 44.0 Å². The zero-order valence-corrected chi connectivity index (χ0v) is 19.7. The van der Waals surface area contributed by atoms with Crippen LogP contribution in [-0.4, -0.2) is 61.7 Å². The lowest BCUT2D eigenvalue weighted by Crippen LogP contribution is -2.31. The molecule has 1 saturated heterocycles. The molecule has 1 fully saturated rings. The van der Waals surface area contributed by atoms with Crippen LogP contribution in [0.3, 0.4) is 0 Å². The van der Waals surface area contributed by atoms with E-state index in [1.165, 1.54) is 34.6 Å². The highest BCUT2D eigenvalue weighted by molar-refractivity contribution is 7.89. The van der Waals surface area contributed by atoms with E-state index in [0.717, 1.165) is 25.7 Å². The number of aromatic carboxylic acids is 1. The van der Waals surface area contributed by atoms with Crippen molar-refractivity contribution < 1.29 is 27.8 Å². The monoisotopic (exact) mass is 478 g/mol. The molecule has 0 bridgehead atoms. The van der Waals surface area contributed by atoms with E-state index < -0.39 is 21.8 Å². The zero-order valence-electron chi connectivity index (χ0n) is 18.8. The number of unbranched alkanes of at least 4 members (excludes halogenated alkanes) is 1. The zero-order chi connectivity index (χ0) is 24.0. The van der Waals surface area contributed by atoms with Crippen molar-refractivity contribution in [3.8, 4) is 11.1 Å². The van der Waals surface area contributed by atoms with Gasteiger partial charge in [0.2, 0.25) is 10.0 Å². The number of hydrogen-bond donors (Lipinski definition) is 2. The predicted octanol–water partition coefficient (Wildman–Crippen LogP) is 3.96. The first-order valence-electron chi connectivity index (χ1n) is 11.3. The van der Waals surface area contributed by atoms with Gasteiger partial charge in [-0.1, -0.05) is 25.5 Å². The molecule has 1 aliphatic rings. The second kappa shape index (κ2) is 11.1. The minimum absolute atomic E-state index is 0.0600. The van der Waals surface area contributed by atoms with E-state index in [-0.39, 0.29) is 17.1 Å². The lowest BCUT2D eigenvalue weighted by atomic mass is 9.99. The normalized spacial score (nSPS) is 14.5. The fourth-order valence-corrected chi connectivity index (χ4v) is 5.92. The van der Waals surface area contributed by atoms with E-state index in [1.54, 1.807) is 6.07 Å². The van der Waals surface area contributed by atoms with Gasteiger partial charge in [-0.2, -0.15) is 4.31 Å². The molecule has 0 atom stereocenters. The van der Waals surface area contributed by atoms with E-state index in [0.29, 0.717) is 49.4 Å². The Morgan fingerprint density at radius 1 is 1.12 bits per heavy atom. The van der Waals surface area contributed by atoms with Gasteiger partial charge < -0.3 is 15.1 Å². The Morgan fingerprint density at radius 2 is 1.82 bits per heavy atom. The number of nitrogens with zero attached hydrogens (tertiary/aromatic N) is 2. The number of hydrogen-bond acceptors (Lipinski definition) is 5. The van der Waals surface area contributed by atoms with Gasteiger partial charge in [-0.25, -0.2) is 17.6 Å². The van der Waals surface area contributed by atoms with Crippen LogP contribution in [0.4, 0.5) is 10.1 Å². The Morgan fingerprint density at radius 3 is 2.42 bits per heavy atom. The van der Waals surface area contributed by atoms with E-state index in [2.05, 4.69) is 0 Å². The van der Waals surface area contributed by atoms with Gasteiger partial charge in [0.1, 0.15) is 5.82 Å². The van der Waals surface area contributed by atoms with Crippen molar-refractivity contribution in [2.24, 2.45) is 0 Å². The van der Waals surface area contributed by atoms with E-state index in [4.69, 9.17) is 0 Å². The second-order valence-electron chi connectivity index (χ2n) is 8.21. The van der Waals surface area contributed by atoms with Gasteiger partial charge in [-0.15, -0.1) is 0 Å². The number of carbonyl (C=O) groups is 1. The molecule has 2 N–H and O–H groups in total. The van der Waals surface area contributed by atoms with Crippen LogP contribution in [-0.2, 0) is 10.0 Å². The maximum Gasteiger partial charge on any atom is 0.335 e. The number of sulfonamides is 1. The maximum absolute atomic E-state index is 14.2. The number of carboxylic acid groups (broad SMARTS) is 1. The SMILES string of the molecule is CCCCN(CCCO)c1cc(C(=O)O)cc(S(=O)(=O)N2CCCC2)c1-c1cccc(F)c1. The summed E-state index contributed by atoms with van der Waals surface area (Å²) in [4.78, 5) is 13.7. The van der Waals surface area contributed by atoms with Gasteiger partial charge in [0.05, 0.1) is 10.5 Å². The molecule has 7 nitrogen and oxygen atoms in total. The molecule has 0 spiro atoms. The molecule has 0 unspecified atom stereocenters. The third-order valence-corrected chi connectivity index (χ3v) is 7.76. The minimum Gasteiger partial charge on any atom is -0.478 e. The second-order valence-corrected chi connectivity index (χ2v) is 10.1. The molecule has 2 aromatic carbocycles. The predicted molar refractivity (Wildman–Crippen MR) is 126 cm³/mol. The Labute approximate surface area is 194 Å². The number of carboxylic acids is 1. The van der Waals surface area contributed by atoms with Gasteiger partial charge in [-0.05, 0) is 55.5 Å². The van der Waals surface area contributed by atoms with Gasteiger partial charge in [0.15, 0.2) is 0 Å². The standard InChI is InChI=1S/C24H31FN2O5S/c1-2-3-10-26(11-7-14-28)21-16-19(24(29)30)17-22(33(31,32)27-12-4-5-13-27)23(21)18-8-6-9-20(25)15-18/h6,8-9,15-17,28H,2-5,7,10-14H2,1H3,(H,29,30). The molecule has 33 heavy (non-hydrogen) atoms. The van der Waals surface area contributed by atoms with Crippen LogP contribution >= 0.6 is 0 Å². The highest BCUT2D eigenvalue weighted by atomic mass is 32.2. The van der Waals surface area contributed by atoms with E-state index in [9.17, 15) is 27.8 Å². The van der Waals surface area contributed by atoms with Gasteiger partial charge >= 0.3 is 5.97 Å². The Balaban J connectivity index is 2.33. The highest BCUT2D eigenvalue weighted by Gasteiger charge is 2.33. The van der Waals surface area contributed by atoms with Crippen molar-refractivity contribution in [3.05, 3.63) is 47.8 Å². The van der Waals surface area contributed by atoms with Crippen LogP contribution in [0.2, 0.25) is 0 Å². The number of aliphatic hydroxyl groups excluding tert-OH is 1. The number of anilines is 1. The average Bonchev–Trinajstić information content (AvgIpc) is 3.34. The number of rotatable bonds is 11. The molecule has 180 valence electrons. The molecule has 1 heterocycles. The topological polar surface area (TPSA) is 98.1 Å². The molecule has 9 heteroatoms. The quantitative estimate of drug-likeness (QED) is 0.507. The first kappa shape index (κ1) is 25.1. The first-order valence-corrected chi connectivity index (χ1v) is 12.8. The average molecular weight is 479 g/mol. The number of halogens is 1. The summed E-state index contributed by atoms with van der Waals surface area (Å²) in [5, 5.41) is 19.2. The van der Waals surface area contributed by atoms with Crippen LogP contribution in [0, 0.1) is 5.82 Å². The lowest BCUT2D eigenvalue weighted by Gasteiger charge is -2.30. The van der Waals surface area contributed by atoms with Crippen LogP contribution in [0.1, 0.15) is 49.4 Å². The summed E-state index contributed by atoms with van der Waals surface area (Å²) in [7, 11) is -4.01. The molecule has 3 rings (SSSR count). The van der Waals surface area contributed by atoms with E-state index in [1.807, 2.05) is 11.8 Å². The molecule has 2 aromatic rings. The van der Waals surface area contributed by atoms with Crippen LogP contribution in [0.15, 0.2) is 41.3 Å². The van der Waals surface area contributed by atoms with Crippen molar-refractivity contribution >= 4 is 21.7 Å².